The number of carboxylic acids is 2. The number of rotatable bonds is 3. The normalized spacial score (nSPS) is 17.1. The first kappa shape index (κ1) is 20.9. The van der Waals surface area contributed by atoms with Gasteiger partial charge in [0.15, 0.2) is 0 Å². The summed E-state index contributed by atoms with van der Waals surface area (Å²) >= 11 is 0. The predicted molar refractivity (Wildman–Crippen MR) is 82.6 cm³/mol. The first-order valence-electron chi connectivity index (χ1n) is 7.24. The van der Waals surface area contributed by atoms with Gasteiger partial charge in [-0.1, -0.05) is 11.8 Å². The Kier molecular flexibility index (Phi) is 10.4. The monoisotopic (exact) mass is 328 g/mol. The van der Waals surface area contributed by atoms with Gasteiger partial charge < -0.3 is 20.2 Å². The van der Waals surface area contributed by atoms with Crippen LogP contribution in [0.15, 0.2) is 0 Å². The van der Waals surface area contributed by atoms with Gasteiger partial charge >= 0.3 is 11.9 Å². The average molecular weight is 328 g/mol. The van der Waals surface area contributed by atoms with Gasteiger partial charge in [-0.25, -0.2) is 9.59 Å². The van der Waals surface area contributed by atoms with Crippen LogP contribution in [0, 0.1) is 17.8 Å². The zero-order valence-electron chi connectivity index (χ0n) is 13.5. The maximum atomic E-state index is 10.9. The van der Waals surface area contributed by atoms with Crippen LogP contribution in [-0.4, -0.2) is 82.8 Å². The van der Waals surface area contributed by atoms with E-state index in [0.29, 0.717) is 12.5 Å². The number of nitrogens with zero attached hydrogens (tertiary/aromatic N) is 2. The largest absolute Gasteiger partial charge is 0.473 e. The maximum absolute atomic E-state index is 10.9. The minimum Gasteiger partial charge on any atom is -0.473 e. The van der Waals surface area contributed by atoms with Gasteiger partial charge in [0.05, 0.1) is 13.1 Å². The van der Waals surface area contributed by atoms with Gasteiger partial charge in [-0.3, -0.25) is 9.69 Å². The van der Waals surface area contributed by atoms with Crippen molar-refractivity contribution in [2.75, 3.05) is 39.8 Å². The molecule has 1 saturated heterocycles. The van der Waals surface area contributed by atoms with Gasteiger partial charge in [0.1, 0.15) is 0 Å². The molecule has 0 radical (unpaired) electrons. The van der Waals surface area contributed by atoms with E-state index in [0.717, 1.165) is 32.5 Å². The lowest BCUT2D eigenvalue weighted by atomic mass is 9.99. The van der Waals surface area contributed by atoms with Crippen LogP contribution in [0.2, 0.25) is 0 Å². The molecular weight excluding hydrogens is 304 g/mol. The molecule has 1 unspecified atom stereocenters. The lowest BCUT2D eigenvalue weighted by molar-refractivity contribution is -0.159. The zero-order valence-corrected chi connectivity index (χ0v) is 13.5. The summed E-state index contributed by atoms with van der Waals surface area (Å²) in [4.78, 5) is 33.0. The van der Waals surface area contributed by atoms with Crippen molar-refractivity contribution >= 4 is 17.8 Å². The summed E-state index contributed by atoms with van der Waals surface area (Å²) in [5.74, 6) is 2.88. The van der Waals surface area contributed by atoms with E-state index in [-0.39, 0.29) is 12.5 Å². The summed E-state index contributed by atoms with van der Waals surface area (Å²) in [5, 5.41) is 23.9. The average Bonchev–Trinajstić information content (AvgIpc) is 2.51. The lowest BCUT2D eigenvalue weighted by Gasteiger charge is -2.30. The number of hydrogen-bond donors (Lipinski definition) is 3. The van der Waals surface area contributed by atoms with Crippen molar-refractivity contribution in [2.45, 2.75) is 19.8 Å². The van der Waals surface area contributed by atoms with Crippen LogP contribution in [0.25, 0.3) is 0 Å². The van der Waals surface area contributed by atoms with Crippen molar-refractivity contribution in [3.63, 3.8) is 0 Å². The van der Waals surface area contributed by atoms with E-state index < -0.39 is 11.9 Å². The number of aliphatic hydroxyl groups is 1. The van der Waals surface area contributed by atoms with E-state index >= 15 is 0 Å². The van der Waals surface area contributed by atoms with E-state index in [1.165, 1.54) is 6.92 Å². The van der Waals surface area contributed by atoms with Crippen molar-refractivity contribution in [2.24, 2.45) is 5.92 Å². The molecule has 0 bridgehead atoms. The second-order valence-corrected chi connectivity index (χ2v) is 5.26. The van der Waals surface area contributed by atoms with Gasteiger partial charge in [-0.2, -0.15) is 0 Å². The van der Waals surface area contributed by atoms with Gasteiger partial charge in [0.25, 0.3) is 0 Å². The molecule has 1 fully saturated rings. The fraction of sp³-hybridized carbons (Fsp3) is 0.667. The Morgan fingerprint density at radius 3 is 2.30 bits per heavy atom. The standard InChI is InChI=1S/C13H22N2O2.C2H2O4/c1-12(17)14(2)7-3-4-8-15-9-5-6-13(10-15)11-16;3-1(4)2(5)6/h13,16H,5-11H2,1-2H3;(H,3,4)(H,5,6). The quantitative estimate of drug-likeness (QED) is 0.464. The van der Waals surface area contributed by atoms with E-state index in [9.17, 15) is 4.79 Å². The van der Waals surface area contributed by atoms with Crippen LogP contribution in [0.3, 0.4) is 0 Å². The molecule has 1 heterocycles. The van der Waals surface area contributed by atoms with E-state index in [2.05, 4.69) is 16.7 Å². The van der Waals surface area contributed by atoms with Crippen LogP contribution in [0.1, 0.15) is 19.8 Å². The summed E-state index contributed by atoms with van der Waals surface area (Å²) in [6.45, 7) is 5.05. The number of hydrogen-bond acceptors (Lipinski definition) is 5. The van der Waals surface area contributed by atoms with Crippen LogP contribution < -0.4 is 0 Å². The Bertz CT molecular complexity index is 456. The van der Waals surface area contributed by atoms with Crippen molar-refractivity contribution < 1.29 is 29.7 Å². The minimum absolute atomic E-state index is 0.0395. The predicted octanol–water partition coefficient (Wildman–Crippen LogP) is -0.672. The Morgan fingerprint density at radius 2 is 1.83 bits per heavy atom. The van der Waals surface area contributed by atoms with Gasteiger partial charge in [0, 0.05) is 27.1 Å². The molecule has 1 aliphatic rings. The summed E-state index contributed by atoms with van der Waals surface area (Å²) in [7, 11) is 1.75. The number of carbonyl (C=O) groups is 3. The molecule has 1 rings (SSSR count). The Labute approximate surface area is 135 Å². The second kappa shape index (κ2) is 11.5. The SMILES string of the molecule is CC(=O)N(C)CC#CCN1CCCC(CO)C1.O=C(O)C(=O)O. The first-order chi connectivity index (χ1) is 10.8. The third-order valence-electron chi connectivity index (χ3n) is 3.33. The Balaban J connectivity index is 0.000000688. The number of piperidine rings is 1. The summed E-state index contributed by atoms with van der Waals surface area (Å²) < 4.78 is 0. The first-order valence-corrected chi connectivity index (χ1v) is 7.24. The molecule has 8 nitrogen and oxygen atoms in total. The van der Waals surface area contributed by atoms with Gasteiger partial charge in [0.2, 0.25) is 5.91 Å². The molecule has 0 saturated carbocycles. The molecule has 23 heavy (non-hydrogen) atoms. The number of aliphatic carboxylic acids is 2. The molecule has 8 heteroatoms. The van der Waals surface area contributed by atoms with Crippen LogP contribution in [-0.2, 0) is 14.4 Å². The summed E-state index contributed by atoms with van der Waals surface area (Å²) in [6, 6.07) is 0. The molecule has 1 atom stereocenters. The van der Waals surface area contributed by atoms with Crippen LogP contribution in [0.5, 0.6) is 0 Å². The topological polar surface area (TPSA) is 118 Å². The molecule has 0 aromatic carbocycles. The van der Waals surface area contributed by atoms with Crippen molar-refractivity contribution in [3.05, 3.63) is 0 Å². The highest BCUT2D eigenvalue weighted by atomic mass is 16.4. The third kappa shape index (κ3) is 10.3. The van der Waals surface area contributed by atoms with Crippen LogP contribution >= 0.6 is 0 Å². The molecule has 130 valence electrons. The van der Waals surface area contributed by atoms with Crippen molar-refractivity contribution in [1.29, 1.82) is 0 Å². The summed E-state index contributed by atoms with van der Waals surface area (Å²) in [5.41, 5.74) is 0. The van der Waals surface area contributed by atoms with Gasteiger partial charge in [-0.15, -0.1) is 0 Å². The highest BCUT2D eigenvalue weighted by molar-refractivity contribution is 6.27. The van der Waals surface area contributed by atoms with E-state index in [1.807, 2.05) is 0 Å². The third-order valence-corrected chi connectivity index (χ3v) is 3.33. The summed E-state index contributed by atoms with van der Waals surface area (Å²) in [6.07, 6.45) is 2.26. The smallest absolute Gasteiger partial charge is 0.414 e. The second-order valence-electron chi connectivity index (χ2n) is 5.26. The van der Waals surface area contributed by atoms with Gasteiger partial charge in [-0.05, 0) is 25.3 Å². The minimum atomic E-state index is -1.82. The van der Waals surface area contributed by atoms with E-state index in [1.54, 1.807) is 11.9 Å². The Hall–Kier alpha value is -2.11. The molecule has 0 aliphatic carbocycles. The molecule has 3 N–H and O–H groups in total. The van der Waals surface area contributed by atoms with E-state index in [4.69, 9.17) is 24.9 Å². The number of likely N-dealkylation sites (tertiary alicyclic amines) is 1. The highest BCUT2D eigenvalue weighted by Crippen LogP contribution is 2.14. The fourth-order valence-corrected chi connectivity index (χ4v) is 1.90. The molecule has 1 amide bonds. The maximum Gasteiger partial charge on any atom is 0.414 e. The number of aliphatic hydroxyl groups excluding tert-OH is 1. The van der Waals surface area contributed by atoms with Crippen molar-refractivity contribution in [1.82, 2.24) is 9.80 Å². The lowest BCUT2D eigenvalue weighted by Crippen LogP contribution is -2.37. The fourth-order valence-electron chi connectivity index (χ4n) is 1.90. The molecule has 1 aliphatic heterocycles. The highest BCUT2D eigenvalue weighted by Gasteiger charge is 2.17. The number of carbonyl (C=O) groups excluding carboxylic acids is 1. The number of amides is 1. The molecule has 0 spiro atoms. The Morgan fingerprint density at radius 1 is 1.22 bits per heavy atom. The van der Waals surface area contributed by atoms with Crippen LogP contribution in [0.4, 0.5) is 0 Å². The molecule has 0 aromatic heterocycles. The molecular formula is C15H24N2O6. The van der Waals surface area contributed by atoms with Crippen molar-refractivity contribution in [3.8, 4) is 11.8 Å². The zero-order chi connectivity index (χ0) is 17.8. The number of carboxylic acid groups (broad SMARTS) is 2. The molecule has 0 aromatic rings.